The van der Waals surface area contributed by atoms with Gasteiger partial charge in [-0.2, -0.15) is 0 Å². The first kappa shape index (κ1) is 35.0. The zero-order chi connectivity index (χ0) is 33.4. The van der Waals surface area contributed by atoms with E-state index in [2.05, 4.69) is 136 Å². The number of benzene rings is 3. The number of hydrogen-bond acceptors (Lipinski definition) is 6. The minimum absolute atomic E-state index is 0.117. The molecule has 0 unspecified atom stereocenters. The van der Waals surface area contributed by atoms with Crippen molar-refractivity contribution in [3.05, 3.63) is 120 Å². The number of ether oxygens (including phenoxy) is 1. The Labute approximate surface area is 284 Å². The molecule has 5 nitrogen and oxygen atoms in total. The van der Waals surface area contributed by atoms with Crippen LogP contribution in [-0.2, 0) is 14.0 Å². The molecule has 0 amide bonds. The molecule has 47 heavy (non-hydrogen) atoms. The number of hydrogen-bond donors (Lipinski definition) is 2. The highest BCUT2D eigenvalue weighted by atomic mass is 32.1. The number of carbonyl (C=O) groups is 1. The Morgan fingerprint density at radius 2 is 1.57 bits per heavy atom. The first-order valence-corrected chi connectivity index (χ1v) is 19.4. The number of fused-ring (bicyclic) bond motifs is 1. The quantitative estimate of drug-likeness (QED) is 0.0661. The van der Waals surface area contributed by atoms with E-state index in [-0.39, 0.29) is 28.9 Å². The van der Waals surface area contributed by atoms with Gasteiger partial charge in [0.1, 0.15) is 0 Å². The molecule has 5 atom stereocenters. The number of aliphatic hydroxyl groups excluding tert-OH is 2. The van der Waals surface area contributed by atoms with Gasteiger partial charge in [-0.1, -0.05) is 124 Å². The summed E-state index contributed by atoms with van der Waals surface area (Å²) in [6.45, 7) is 6.86. The molecule has 0 spiro atoms. The third-order valence-corrected chi connectivity index (χ3v) is 15.6. The molecule has 1 fully saturated rings. The molecule has 3 aromatic carbocycles. The van der Waals surface area contributed by atoms with Crippen LogP contribution in [-0.4, -0.2) is 43.8 Å². The largest absolute Gasteiger partial charge is 0.469 e. The molecular formula is C40H48O5SSi. The Balaban J connectivity index is 1.51. The number of aliphatic hydroxyl groups is 2. The topological polar surface area (TPSA) is 76.0 Å². The maximum absolute atomic E-state index is 11.4. The SMILES string of the molecule is COC(=O)CCC/C=C/C[C@@H]1[C@@H](/C=C/[C@@H](O[Si](c2ccccc2)(c2ccccc2)C(C)(C)C)c2cc3ccccc3s2)[C@H](O)C[C@@H]1O. The molecule has 0 saturated heterocycles. The van der Waals surface area contributed by atoms with Crippen LogP contribution in [0.3, 0.4) is 0 Å². The smallest absolute Gasteiger partial charge is 0.305 e. The van der Waals surface area contributed by atoms with Gasteiger partial charge in [0, 0.05) is 28.3 Å². The molecule has 1 aliphatic carbocycles. The third kappa shape index (κ3) is 8.04. The first-order chi connectivity index (χ1) is 22.6. The van der Waals surface area contributed by atoms with Gasteiger partial charge in [-0.15, -0.1) is 11.3 Å². The second-order valence-electron chi connectivity index (χ2n) is 13.6. The van der Waals surface area contributed by atoms with E-state index in [1.165, 1.54) is 27.6 Å². The summed E-state index contributed by atoms with van der Waals surface area (Å²) in [5, 5.41) is 25.6. The van der Waals surface area contributed by atoms with E-state index in [4.69, 9.17) is 9.16 Å². The Hall–Kier alpha value is -3.33. The van der Waals surface area contributed by atoms with Gasteiger partial charge in [-0.25, -0.2) is 0 Å². The highest BCUT2D eigenvalue weighted by Gasteiger charge is 2.51. The van der Waals surface area contributed by atoms with Gasteiger partial charge in [-0.3, -0.25) is 4.79 Å². The van der Waals surface area contributed by atoms with Gasteiger partial charge in [0.2, 0.25) is 0 Å². The lowest BCUT2D eigenvalue weighted by molar-refractivity contribution is -0.140. The third-order valence-electron chi connectivity index (χ3n) is 9.42. The second kappa shape index (κ2) is 15.7. The van der Waals surface area contributed by atoms with Crippen molar-refractivity contribution >= 4 is 46.1 Å². The van der Waals surface area contributed by atoms with Crippen LogP contribution < -0.4 is 10.4 Å². The Kier molecular flexibility index (Phi) is 11.7. The van der Waals surface area contributed by atoms with Crippen LogP contribution in [0.5, 0.6) is 0 Å². The highest BCUT2D eigenvalue weighted by molar-refractivity contribution is 7.19. The number of thiophene rings is 1. The summed E-state index contributed by atoms with van der Waals surface area (Å²) >= 11 is 1.75. The summed E-state index contributed by atoms with van der Waals surface area (Å²) in [5.41, 5.74) is 0. The van der Waals surface area contributed by atoms with E-state index in [1.807, 2.05) is 0 Å². The highest BCUT2D eigenvalue weighted by Crippen LogP contribution is 2.43. The lowest BCUT2D eigenvalue weighted by Gasteiger charge is -2.44. The summed E-state index contributed by atoms with van der Waals surface area (Å²) in [4.78, 5) is 12.6. The molecule has 0 bridgehead atoms. The van der Waals surface area contributed by atoms with Crippen LogP contribution in [0.4, 0.5) is 0 Å². The van der Waals surface area contributed by atoms with E-state index in [0.717, 1.165) is 17.7 Å². The molecule has 1 aromatic heterocycles. The maximum atomic E-state index is 11.4. The first-order valence-electron chi connectivity index (χ1n) is 16.7. The predicted molar refractivity (Wildman–Crippen MR) is 196 cm³/mol. The lowest BCUT2D eigenvalue weighted by Crippen LogP contribution is -2.66. The minimum atomic E-state index is -2.91. The molecule has 0 radical (unpaired) electrons. The minimum Gasteiger partial charge on any atom is -0.469 e. The molecule has 1 heterocycles. The van der Waals surface area contributed by atoms with Gasteiger partial charge in [0.15, 0.2) is 0 Å². The molecule has 1 aliphatic rings. The second-order valence-corrected chi connectivity index (χ2v) is 18.9. The maximum Gasteiger partial charge on any atom is 0.305 e. The zero-order valence-electron chi connectivity index (χ0n) is 27.9. The summed E-state index contributed by atoms with van der Waals surface area (Å²) in [6, 6.07) is 32.0. The van der Waals surface area contributed by atoms with E-state index in [1.54, 1.807) is 11.3 Å². The van der Waals surface area contributed by atoms with Crippen LogP contribution >= 0.6 is 11.3 Å². The summed E-state index contributed by atoms with van der Waals surface area (Å²) in [7, 11) is -1.51. The van der Waals surface area contributed by atoms with Gasteiger partial charge in [-0.05, 0) is 58.1 Å². The monoisotopic (exact) mass is 668 g/mol. The predicted octanol–water partition coefficient (Wildman–Crippen LogP) is 7.72. The van der Waals surface area contributed by atoms with E-state index < -0.39 is 20.5 Å². The van der Waals surface area contributed by atoms with Crippen molar-refractivity contribution in [2.75, 3.05) is 7.11 Å². The van der Waals surface area contributed by atoms with Crippen molar-refractivity contribution in [1.82, 2.24) is 0 Å². The van der Waals surface area contributed by atoms with Crippen LogP contribution in [0.2, 0.25) is 5.04 Å². The summed E-state index contributed by atoms with van der Waals surface area (Å²) in [6.07, 6.45) is 9.65. The van der Waals surface area contributed by atoms with Crippen molar-refractivity contribution in [3.63, 3.8) is 0 Å². The van der Waals surface area contributed by atoms with Crippen molar-refractivity contribution in [3.8, 4) is 0 Å². The summed E-state index contributed by atoms with van der Waals surface area (Å²) < 4.78 is 13.6. The van der Waals surface area contributed by atoms with Crippen molar-refractivity contribution in [1.29, 1.82) is 0 Å². The van der Waals surface area contributed by atoms with Crippen LogP contribution in [0.25, 0.3) is 10.1 Å². The van der Waals surface area contributed by atoms with Crippen LogP contribution in [0, 0.1) is 11.8 Å². The lowest BCUT2D eigenvalue weighted by atomic mass is 9.89. The standard InChI is InChI=1S/C40H48O5SSi/c1-40(2,3)47(30-18-9-7-10-19-30,31-20-11-8-12-21-31)45-36(38-27-29-17-15-16-23-37(29)46-38)26-25-33-32(34(41)28-35(33)42)22-13-5-6-14-24-39(43)44-4/h5,7-13,15-21,23,25-27,32-36,41-42H,6,14,22,24,28H2,1-4H3/b13-5+,26-25+/t32-,33-,34+,35-,36-/m1/s1. The number of rotatable bonds is 13. The zero-order valence-corrected chi connectivity index (χ0v) is 29.7. The molecule has 7 heteroatoms. The van der Waals surface area contributed by atoms with Gasteiger partial charge >= 0.3 is 5.97 Å². The molecule has 4 aromatic rings. The average molecular weight is 669 g/mol. The summed E-state index contributed by atoms with van der Waals surface area (Å²) in [5.74, 6) is -0.537. The van der Waals surface area contributed by atoms with Crippen LogP contribution in [0.15, 0.2) is 115 Å². The number of allylic oxidation sites excluding steroid dienone is 2. The van der Waals surface area contributed by atoms with Gasteiger partial charge < -0.3 is 19.4 Å². The van der Waals surface area contributed by atoms with Crippen molar-refractivity contribution < 1.29 is 24.2 Å². The molecule has 248 valence electrons. The molecule has 1 saturated carbocycles. The van der Waals surface area contributed by atoms with Crippen molar-refractivity contribution in [2.45, 2.75) is 76.2 Å². The fourth-order valence-electron chi connectivity index (χ4n) is 6.99. The van der Waals surface area contributed by atoms with Gasteiger partial charge in [0.05, 0.1) is 25.4 Å². The van der Waals surface area contributed by atoms with Crippen LogP contribution in [0.1, 0.15) is 63.9 Å². The Morgan fingerprint density at radius 1 is 0.936 bits per heavy atom. The fraction of sp³-hybridized carbons (Fsp3) is 0.375. The number of methoxy groups -OCH3 is 1. The average Bonchev–Trinajstić information content (AvgIpc) is 3.62. The number of carbonyl (C=O) groups excluding carboxylic acids is 1. The molecule has 2 N–H and O–H groups in total. The molecule has 0 aliphatic heterocycles. The number of unbranched alkanes of at least 4 members (excludes halogenated alkanes) is 1. The Morgan fingerprint density at radius 3 is 2.19 bits per heavy atom. The number of esters is 1. The molecular weight excluding hydrogens is 621 g/mol. The molecule has 5 rings (SSSR count). The van der Waals surface area contributed by atoms with E-state index >= 15 is 0 Å². The van der Waals surface area contributed by atoms with E-state index in [9.17, 15) is 15.0 Å². The van der Waals surface area contributed by atoms with Gasteiger partial charge in [0.25, 0.3) is 8.32 Å². The fourth-order valence-corrected chi connectivity index (χ4v) is 12.8. The Bertz CT molecular complexity index is 1570. The van der Waals surface area contributed by atoms with Crippen molar-refractivity contribution in [2.24, 2.45) is 11.8 Å². The normalized spacial score (nSPS) is 21.1. The van der Waals surface area contributed by atoms with E-state index in [0.29, 0.717) is 19.3 Å².